The molecule has 1 saturated heterocycles. The van der Waals surface area contributed by atoms with Crippen LogP contribution in [-0.4, -0.2) is 39.8 Å². The second kappa shape index (κ2) is 9.71. The highest BCUT2D eigenvalue weighted by atomic mass is 32.1. The number of hydrogen-bond acceptors (Lipinski definition) is 4. The lowest BCUT2D eigenvalue weighted by Crippen LogP contribution is -2.29. The van der Waals surface area contributed by atoms with Crippen molar-refractivity contribution in [2.75, 3.05) is 23.9 Å². The van der Waals surface area contributed by atoms with Crippen LogP contribution in [0.5, 0.6) is 0 Å². The summed E-state index contributed by atoms with van der Waals surface area (Å²) in [6.45, 7) is 4.11. The second-order valence-corrected chi connectivity index (χ2v) is 9.81. The van der Waals surface area contributed by atoms with Gasteiger partial charge in [0.2, 0.25) is 0 Å². The Bertz CT molecular complexity index is 1460. The number of nitrogens with one attached hydrogen (secondary N) is 1. The number of pyridine rings is 1. The van der Waals surface area contributed by atoms with Crippen LogP contribution in [0.3, 0.4) is 0 Å². The highest BCUT2D eigenvalue weighted by Crippen LogP contribution is 2.44. The van der Waals surface area contributed by atoms with Gasteiger partial charge in [-0.15, -0.1) is 0 Å². The summed E-state index contributed by atoms with van der Waals surface area (Å²) >= 11 is 5.89. The van der Waals surface area contributed by atoms with Crippen molar-refractivity contribution in [3.63, 3.8) is 0 Å². The molecule has 1 aliphatic rings. The largest absolute Gasteiger partial charge is 0.478 e. The van der Waals surface area contributed by atoms with Crippen LogP contribution in [0.15, 0.2) is 79.0 Å². The molecule has 5 rings (SSSR count). The summed E-state index contributed by atoms with van der Waals surface area (Å²) < 4.78 is 2.10. The molecule has 0 spiro atoms. The molecule has 8 heteroatoms. The minimum atomic E-state index is -0.947. The molecule has 1 fully saturated rings. The number of anilines is 2. The van der Waals surface area contributed by atoms with Gasteiger partial charge in [-0.2, -0.15) is 0 Å². The summed E-state index contributed by atoms with van der Waals surface area (Å²) in [5.74, 6) is -0.947. The third kappa shape index (κ3) is 4.44. The molecular weight excluding hydrogens is 482 g/mol. The number of aromatic carboxylic acids is 1. The standard InChI is InChI=1S/C29H29N5O2S/c1-18-16-24(19(2)33(18)23-9-7-8-20(17-23)28(35)36)27-26(25-10-5-6-15-30-25)31-29(37)34(27)22-13-11-21(12-14-22)32(3)4/h5-17,26-27H,1-4H3,(H,31,37)(H,35,36)/t26-,27+/m1/s1. The van der Waals surface area contributed by atoms with Crippen LogP contribution in [-0.2, 0) is 0 Å². The number of nitrogens with zero attached hydrogens (tertiary/aromatic N) is 4. The van der Waals surface area contributed by atoms with Crippen molar-refractivity contribution >= 4 is 34.7 Å². The summed E-state index contributed by atoms with van der Waals surface area (Å²) in [5.41, 5.74) is 7.19. The molecule has 37 heavy (non-hydrogen) atoms. The van der Waals surface area contributed by atoms with Crippen molar-refractivity contribution in [3.05, 3.63) is 107 Å². The SMILES string of the molecule is Cc1cc([C@H]2[C@@H](c3ccccn3)NC(=S)N2c2ccc(N(C)C)cc2)c(C)n1-c1cccc(C(=O)O)c1. The first-order valence-electron chi connectivity index (χ1n) is 12.1. The lowest BCUT2D eigenvalue weighted by Gasteiger charge is -2.28. The molecule has 2 atom stereocenters. The van der Waals surface area contributed by atoms with E-state index in [0.29, 0.717) is 5.11 Å². The minimum Gasteiger partial charge on any atom is -0.478 e. The summed E-state index contributed by atoms with van der Waals surface area (Å²) in [7, 11) is 4.04. The van der Waals surface area contributed by atoms with Gasteiger partial charge in [-0.1, -0.05) is 12.1 Å². The molecule has 2 aromatic carbocycles. The Morgan fingerprint density at radius 1 is 1.00 bits per heavy atom. The van der Waals surface area contributed by atoms with Gasteiger partial charge in [-0.25, -0.2) is 4.79 Å². The normalized spacial score (nSPS) is 17.1. The third-order valence-corrected chi connectivity index (χ3v) is 7.20. The quantitative estimate of drug-likeness (QED) is 0.334. The fraction of sp³-hybridized carbons (Fsp3) is 0.207. The third-order valence-electron chi connectivity index (χ3n) is 6.88. The minimum absolute atomic E-state index is 0.157. The van der Waals surface area contributed by atoms with Gasteiger partial charge >= 0.3 is 5.97 Å². The molecule has 0 saturated carbocycles. The molecule has 0 bridgehead atoms. The highest BCUT2D eigenvalue weighted by Gasteiger charge is 2.42. The van der Waals surface area contributed by atoms with E-state index in [1.165, 1.54) is 0 Å². The van der Waals surface area contributed by atoms with E-state index in [4.69, 9.17) is 12.2 Å². The van der Waals surface area contributed by atoms with Gasteiger partial charge in [-0.05, 0) is 92.3 Å². The number of carbonyl (C=O) groups is 1. The Kier molecular flexibility index (Phi) is 6.43. The maximum atomic E-state index is 11.6. The molecule has 1 aliphatic heterocycles. The zero-order chi connectivity index (χ0) is 26.3. The van der Waals surface area contributed by atoms with Crippen LogP contribution in [0, 0.1) is 13.8 Å². The number of aryl methyl sites for hydroxylation is 1. The maximum absolute atomic E-state index is 11.6. The Hall–Kier alpha value is -4.17. The van der Waals surface area contributed by atoms with Crippen molar-refractivity contribution in [2.24, 2.45) is 0 Å². The van der Waals surface area contributed by atoms with Gasteiger partial charge in [0, 0.05) is 48.7 Å². The number of hydrogen-bond donors (Lipinski definition) is 2. The summed E-state index contributed by atoms with van der Waals surface area (Å²) in [5, 5.41) is 13.7. The molecule has 0 aliphatic carbocycles. The molecule has 2 N–H and O–H groups in total. The second-order valence-electron chi connectivity index (χ2n) is 9.42. The number of thiocarbonyl (C=S) groups is 1. The van der Waals surface area contributed by atoms with Crippen LogP contribution in [0.25, 0.3) is 5.69 Å². The van der Waals surface area contributed by atoms with Gasteiger partial charge < -0.3 is 24.8 Å². The van der Waals surface area contributed by atoms with Crippen LogP contribution < -0.4 is 15.1 Å². The van der Waals surface area contributed by atoms with E-state index in [2.05, 4.69) is 61.9 Å². The van der Waals surface area contributed by atoms with E-state index in [9.17, 15) is 9.90 Å². The highest BCUT2D eigenvalue weighted by molar-refractivity contribution is 7.80. The molecular formula is C29H29N5O2S. The van der Waals surface area contributed by atoms with Gasteiger partial charge in [0.25, 0.3) is 0 Å². The average Bonchev–Trinajstić information content (AvgIpc) is 3.39. The van der Waals surface area contributed by atoms with E-state index in [1.54, 1.807) is 24.4 Å². The zero-order valence-electron chi connectivity index (χ0n) is 21.2. The number of carboxylic acid groups (broad SMARTS) is 1. The molecule has 0 unspecified atom stereocenters. The fourth-order valence-electron chi connectivity index (χ4n) is 5.12. The Morgan fingerprint density at radius 3 is 2.41 bits per heavy atom. The van der Waals surface area contributed by atoms with E-state index in [-0.39, 0.29) is 17.6 Å². The van der Waals surface area contributed by atoms with E-state index < -0.39 is 5.97 Å². The Morgan fingerprint density at radius 2 is 1.76 bits per heavy atom. The fourth-order valence-corrected chi connectivity index (χ4v) is 5.47. The molecule has 2 aromatic heterocycles. The van der Waals surface area contributed by atoms with Gasteiger partial charge in [0.1, 0.15) is 0 Å². The summed E-state index contributed by atoms with van der Waals surface area (Å²) in [6.07, 6.45) is 1.80. The zero-order valence-corrected chi connectivity index (χ0v) is 22.0. The van der Waals surface area contributed by atoms with Gasteiger partial charge in [0.15, 0.2) is 5.11 Å². The predicted molar refractivity (Wildman–Crippen MR) is 151 cm³/mol. The van der Waals surface area contributed by atoms with E-state index in [0.717, 1.165) is 39.7 Å². The first-order valence-corrected chi connectivity index (χ1v) is 12.5. The lowest BCUT2D eigenvalue weighted by atomic mass is 9.96. The monoisotopic (exact) mass is 511 g/mol. The smallest absolute Gasteiger partial charge is 0.335 e. The van der Waals surface area contributed by atoms with Crippen molar-refractivity contribution < 1.29 is 9.90 Å². The Balaban J connectivity index is 1.65. The van der Waals surface area contributed by atoms with Crippen LogP contribution >= 0.6 is 12.2 Å². The van der Waals surface area contributed by atoms with E-state index in [1.807, 2.05) is 45.3 Å². The predicted octanol–water partition coefficient (Wildman–Crippen LogP) is 5.43. The van der Waals surface area contributed by atoms with Crippen molar-refractivity contribution in [2.45, 2.75) is 25.9 Å². The number of rotatable bonds is 6. The van der Waals surface area contributed by atoms with Gasteiger partial charge in [-0.3, -0.25) is 4.98 Å². The topological polar surface area (TPSA) is 73.6 Å². The maximum Gasteiger partial charge on any atom is 0.335 e. The summed E-state index contributed by atoms with van der Waals surface area (Å²) in [6, 6.07) is 23.1. The first kappa shape index (κ1) is 24.5. The van der Waals surface area contributed by atoms with Gasteiger partial charge in [0.05, 0.1) is 23.3 Å². The molecule has 3 heterocycles. The van der Waals surface area contributed by atoms with Crippen LogP contribution in [0.2, 0.25) is 0 Å². The van der Waals surface area contributed by atoms with E-state index >= 15 is 0 Å². The van der Waals surface area contributed by atoms with Crippen molar-refractivity contribution in [3.8, 4) is 5.69 Å². The average molecular weight is 512 g/mol. The first-order chi connectivity index (χ1) is 17.8. The number of carboxylic acids is 1. The van der Waals surface area contributed by atoms with Crippen molar-refractivity contribution in [1.29, 1.82) is 0 Å². The van der Waals surface area contributed by atoms with Crippen LogP contribution in [0.4, 0.5) is 11.4 Å². The molecule has 0 radical (unpaired) electrons. The molecule has 0 amide bonds. The summed E-state index contributed by atoms with van der Waals surface area (Å²) in [4.78, 5) is 20.5. The lowest BCUT2D eigenvalue weighted by molar-refractivity contribution is 0.0697. The number of aromatic nitrogens is 2. The van der Waals surface area contributed by atoms with Crippen molar-refractivity contribution in [1.82, 2.24) is 14.9 Å². The number of benzene rings is 2. The molecule has 188 valence electrons. The van der Waals surface area contributed by atoms with Crippen LogP contribution in [0.1, 0.15) is 45.1 Å². The molecule has 7 nitrogen and oxygen atoms in total. The Labute approximate surface area is 222 Å². The molecule has 4 aromatic rings.